The molecule has 0 aromatic heterocycles. The fourth-order valence-electron chi connectivity index (χ4n) is 4.12. The van der Waals surface area contributed by atoms with Gasteiger partial charge >= 0.3 is 0 Å². The van der Waals surface area contributed by atoms with Gasteiger partial charge in [0.25, 0.3) is 5.91 Å². The van der Waals surface area contributed by atoms with Crippen molar-refractivity contribution >= 4 is 11.8 Å². The van der Waals surface area contributed by atoms with Gasteiger partial charge in [-0.3, -0.25) is 9.59 Å². The summed E-state index contributed by atoms with van der Waals surface area (Å²) in [5.74, 6) is 0.274. The number of aryl methyl sites for hydroxylation is 1. The second-order valence-electron chi connectivity index (χ2n) is 7.07. The van der Waals surface area contributed by atoms with Gasteiger partial charge in [0, 0.05) is 31.6 Å². The Morgan fingerprint density at radius 1 is 1.25 bits per heavy atom. The van der Waals surface area contributed by atoms with Crippen LogP contribution in [-0.4, -0.2) is 46.8 Å². The van der Waals surface area contributed by atoms with Gasteiger partial charge in [-0.2, -0.15) is 0 Å². The molecule has 2 aliphatic heterocycles. The largest absolute Gasteiger partial charge is 0.336 e. The summed E-state index contributed by atoms with van der Waals surface area (Å²) in [4.78, 5) is 29.2. The lowest BCUT2D eigenvalue weighted by Gasteiger charge is -2.52. The molecule has 24 heavy (non-hydrogen) atoms. The van der Waals surface area contributed by atoms with Gasteiger partial charge in [0.15, 0.2) is 0 Å². The van der Waals surface area contributed by atoms with Crippen molar-refractivity contribution in [3.05, 3.63) is 48.0 Å². The van der Waals surface area contributed by atoms with Gasteiger partial charge < -0.3 is 9.80 Å². The second-order valence-corrected chi connectivity index (χ2v) is 7.07. The van der Waals surface area contributed by atoms with Gasteiger partial charge in [0.1, 0.15) is 0 Å². The molecule has 2 fully saturated rings. The van der Waals surface area contributed by atoms with Crippen LogP contribution < -0.4 is 0 Å². The summed E-state index contributed by atoms with van der Waals surface area (Å²) in [5, 5.41) is 0. The van der Waals surface area contributed by atoms with Gasteiger partial charge in [-0.1, -0.05) is 23.8 Å². The SMILES string of the molecule is C=CCN1C(=O)CCCC12CCCN(C(=O)c1ccc(C)cc1)C2. The van der Waals surface area contributed by atoms with E-state index in [2.05, 4.69) is 6.58 Å². The number of rotatable bonds is 3. The molecule has 0 N–H and O–H groups in total. The highest BCUT2D eigenvalue weighted by Crippen LogP contribution is 2.37. The number of carbonyl (C=O) groups is 2. The molecule has 4 nitrogen and oxygen atoms in total. The predicted molar refractivity (Wildman–Crippen MR) is 94.8 cm³/mol. The Labute approximate surface area is 144 Å². The average molecular weight is 326 g/mol. The molecular weight excluding hydrogens is 300 g/mol. The van der Waals surface area contributed by atoms with Gasteiger partial charge in [-0.05, 0) is 44.7 Å². The molecule has 1 aromatic rings. The van der Waals surface area contributed by atoms with Crippen molar-refractivity contribution in [2.75, 3.05) is 19.6 Å². The number of likely N-dealkylation sites (tertiary alicyclic amines) is 2. The van der Waals surface area contributed by atoms with E-state index in [1.807, 2.05) is 41.0 Å². The normalized spacial score (nSPS) is 24.3. The van der Waals surface area contributed by atoms with Crippen molar-refractivity contribution in [2.45, 2.75) is 44.6 Å². The summed E-state index contributed by atoms with van der Waals surface area (Å²) >= 11 is 0. The maximum Gasteiger partial charge on any atom is 0.253 e. The minimum absolute atomic E-state index is 0.0747. The lowest BCUT2D eigenvalue weighted by Crippen LogP contribution is -2.63. The van der Waals surface area contributed by atoms with Crippen molar-refractivity contribution in [3.63, 3.8) is 0 Å². The van der Waals surface area contributed by atoms with Gasteiger partial charge in [0.2, 0.25) is 5.91 Å². The van der Waals surface area contributed by atoms with Crippen LogP contribution in [0, 0.1) is 6.92 Å². The molecule has 0 radical (unpaired) electrons. The molecule has 1 atom stereocenters. The van der Waals surface area contributed by atoms with Crippen molar-refractivity contribution in [1.82, 2.24) is 9.80 Å². The lowest BCUT2D eigenvalue weighted by molar-refractivity contribution is -0.143. The second kappa shape index (κ2) is 6.80. The number of amides is 2. The van der Waals surface area contributed by atoms with Crippen LogP contribution in [0.4, 0.5) is 0 Å². The quantitative estimate of drug-likeness (QED) is 0.801. The van der Waals surface area contributed by atoms with Crippen LogP contribution in [0.5, 0.6) is 0 Å². The monoisotopic (exact) mass is 326 g/mol. The Kier molecular flexibility index (Phi) is 4.74. The third-order valence-corrected chi connectivity index (χ3v) is 5.36. The topological polar surface area (TPSA) is 40.6 Å². The maximum atomic E-state index is 12.9. The highest BCUT2D eigenvalue weighted by atomic mass is 16.2. The number of benzene rings is 1. The molecule has 2 amide bonds. The minimum Gasteiger partial charge on any atom is -0.336 e. The van der Waals surface area contributed by atoms with Crippen LogP contribution in [0.1, 0.15) is 48.0 Å². The molecule has 2 aliphatic rings. The highest BCUT2D eigenvalue weighted by molar-refractivity contribution is 5.94. The smallest absolute Gasteiger partial charge is 0.253 e. The van der Waals surface area contributed by atoms with E-state index in [-0.39, 0.29) is 17.4 Å². The van der Waals surface area contributed by atoms with Crippen LogP contribution in [0.25, 0.3) is 0 Å². The van der Waals surface area contributed by atoms with E-state index in [0.717, 1.165) is 43.4 Å². The molecule has 0 saturated carbocycles. The third-order valence-electron chi connectivity index (χ3n) is 5.36. The molecule has 1 spiro atoms. The fourth-order valence-corrected chi connectivity index (χ4v) is 4.12. The Morgan fingerprint density at radius 2 is 1.96 bits per heavy atom. The Balaban J connectivity index is 1.82. The predicted octanol–water partition coefficient (Wildman–Crippen LogP) is 3.17. The molecule has 4 heteroatoms. The molecule has 1 aromatic carbocycles. The van der Waals surface area contributed by atoms with Crippen molar-refractivity contribution < 1.29 is 9.59 Å². The number of hydrogen-bond acceptors (Lipinski definition) is 2. The van der Waals surface area contributed by atoms with E-state index in [0.29, 0.717) is 19.5 Å². The first-order chi connectivity index (χ1) is 11.6. The van der Waals surface area contributed by atoms with E-state index in [9.17, 15) is 9.59 Å². The zero-order valence-corrected chi connectivity index (χ0v) is 14.5. The summed E-state index contributed by atoms with van der Waals surface area (Å²) in [6.45, 7) is 7.80. The van der Waals surface area contributed by atoms with E-state index in [4.69, 9.17) is 0 Å². The lowest BCUT2D eigenvalue weighted by atomic mass is 9.79. The van der Waals surface area contributed by atoms with Gasteiger partial charge in [0.05, 0.1) is 5.54 Å². The number of hydrogen-bond donors (Lipinski definition) is 0. The zero-order valence-electron chi connectivity index (χ0n) is 14.5. The molecule has 3 rings (SSSR count). The number of piperidine rings is 2. The summed E-state index contributed by atoms with van der Waals surface area (Å²) in [7, 11) is 0. The standard InChI is InChI=1S/C20H26N2O2/c1-3-13-22-18(23)6-4-11-20(22)12-5-14-21(15-20)19(24)17-9-7-16(2)8-10-17/h3,7-10H,1,4-6,11-15H2,2H3. The molecule has 0 aliphatic carbocycles. The first kappa shape index (κ1) is 16.7. The first-order valence-electron chi connectivity index (χ1n) is 8.83. The van der Waals surface area contributed by atoms with Crippen molar-refractivity contribution in [3.8, 4) is 0 Å². The van der Waals surface area contributed by atoms with E-state index < -0.39 is 0 Å². The fraction of sp³-hybridized carbons (Fsp3) is 0.500. The summed E-state index contributed by atoms with van der Waals surface area (Å²) in [6, 6.07) is 7.74. The molecule has 0 bridgehead atoms. The average Bonchev–Trinajstić information content (AvgIpc) is 2.59. The van der Waals surface area contributed by atoms with E-state index in [1.54, 1.807) is 6.08 Å². The van der Waals surface area contributed by atoms with Crippen LogP contribution in [0.15, 0.2) is 36.9 Å². The van der Waals surface area contributed by atoms with Crippen LogP contribution in [-0.2, 0) is 4.79 Å². The van der Waals surface area contributed by atoms with E-state index >= 15 is 0 Å². The minimum atomic E-state index is -0.206. The van der Waals surface area contributed by atoms with Gasteiger partial charge in [-0.25, -0.2) is 0 Å². The first-order valence-corrected chi connectivity index (χ1v) is 8.83. The Hall–Kier alpha value is -2.10. The maximum absolute atomic E-state index is 12.9. The van der Waals surface area contributed by atoms with Crippen molar-refractivity contribution in [2.24, 2.45) is 0 Å². The molecule has 2 saturated heterocycles. The molecular formula is C20H26N2O2. The zero-order chi connectivity index (χ0) is 17.2. The molecule has 2 heterocycles. The van der Waals surface area contributed by atoms with E-state index in [1.165, 1.54) is 0 Å². The highest BCUT2D eigenvalue weighted by Gasteiger charge is 2.45. The molecule has 1 unspecified atom stereocenters. The number of carbonyl (C=O) groups excluding carboxylic acids is 2. The van der Waals surface area contributed by atoms with Crippen LogP contribution in [0.2, 0.25) is 0 Å². The molecule has 128 valence electrons. The number of nitrogens with zero attached hydrogens (tertiary/aromatic N) is 2. The third kappa shape index (κ3) is 3.10. The Morgan fingerprint density at radius 3 is 2.67 bits per heavy atom. The van der Waals surface area contributed by atoms with Gasteiger partial charge in [-0.15, -0.1) is 6.58 Å². The van der Waals surface area contributed by atoms with Crippen LogP contribution in [0.3, 0.4) is 0 Å². The summed E-state index contributed by atoms with van der Waals surface area (Å²) < 4.78 is 0. The van der Waals surface area contributed by atoms with Crippen LogP contribution >= 0.6 is 0 Å². The Bertz CT molecular complexity index is 634. The summed E-state index contributed by atoms with van der Waals surface area (Å²) in [5.41, 5.74) is 1.68. The van der Waals surface area contributed by atoms with Crippen molar-refractivity contribution in [1.29, 1.82) is 0 Å². The summed E-state index contributed by atoms with van der Waals surface area (Å²) in [6.07, 6.45) is 6.22.